The lowest BCUT2D eigenvalue weighted by Crippen LogP contribution is -2.17. The van der Waals surface area contributed by atoms with E-state index in [0.29, 0.717) is 36.2 Å². The Labute approximate surface area is 175 Å². The van der Waals surface area contributed by atoms with Crippen molar-refractivity contribution in [2.45, 2.75) is 93.0 Å². The molecule has 0 aliphatic carbocycles. The Morgan fingerprint density at radius 2 is 1.38 bits per heavy atom. The zero-order chi connectivity index (χ0) is 22.0. The van der Waals surface area contributed by atoms with E-state index in [1.54, 1.807) is 6.07 Å². The Morgan fingerprint density at radius 1 is 0.793 bits per heavy atom. The fourth-order valence-corrected chi connectivity index (χ4v) is 2.52. The molecule has 0 heterocycles. The summed E-state index contributed by atoms with van der Waals surface area (Å²) in [4.78, 5) is 12.9. The van der Waals surface area contributed by atoms with E-state index in [1.165, 1.54) is 0 Å². The number of benzene rings is 1. The van der Waals surface area contributed by atoms with Crippen LogP contribution in [0.1, 0.15) is 85.0 Å². The van der Waals surface area contributed by atoms with Gasteiger partial charge < -0.3 is 23.7 Å². The highest BCUT2D eigenvalue weighted by Gasteiger charge is 2.29. The third-order valence-electron chi connectivity index (χ3n) is 3.63. The SMILES string of the molecule is CCCCOC(=O)c1cc(OC(C)C)c(OC(C)C)c(OC(C)C)c1OCCC. The second kappa shape index (κ2) is 12.5. The predicted molar refractivity (Wildman–Crippen MR) is 115 cm³/mol. The molecule has 29 heavy (non-hydrogen) atoms. The molecule has 0 bridgehead atoms. The van der Waals surface area contributed by atoms with Crippen LogP contribution in [-0.4, -0.2) is 37.5 Å². The molecule has 0 atom stereocenters. The van der Waals surface area contributed by atoms with Gasteiger partial charge in [-0.3, -0.25) is 0 Å². The number of rotatable bonds is 13. The minimum atomic E-state index is -0.456. The minimum Gasteiger partial charge on any atom is -0.489 e. The van der Waals surface area contributed by atoms with E-state index in [-0.39, 0.29) is 23.9 Å². The molecule has 0 amide bonds. The molecule has 1 rings (SSSR count). The summed E-state index contributed by atoms with van der Waals surface area (Å²) in [5, 5.41) is 0. The molecule has 166 valence electrons. The average molecular weight is 411 g/mol. The minimum absolute atomic E-state index is 0.109. The van der Waals surface area contributed by atoms with E-state index >= 15 is 0 Å². The summed E-state index contributed by atoms with van der Waals surface area (Å²) in [5.41, 5.74) is 0.289. The van der Waals surface area contributed by atoms with Crippen LogP contribution < -0.4 is 18.9 Å². The molecule has 0 radical (unpaired) electrons. The van der Waals surface area contributed by atoms with Crippen LogP contribution >= 0.6 is 0 Å². The standard InChI is InChI=1S/C23H38O6/c1-9-11-13-26-23(24)18-14-19(27-15(3)4)21(28-16(5)6)22(29-17(7)8)20(18)25-12-10-2/h14-17H,9-13H2,1-8H3. The maximum Gasteiger partial charge on any atom is 0.342 e. The van der Waals surface area contributed by atoms with Gasteiger partial charge in [-0.2, -0.15) is 0 Å². The van der Waals surface area contributed by atoms with Crippen molar-refractivity contribution in [3.63, 3.8) is 0 Å². The smallest absolute Gasteiger partial charge is 0.342 e. The Kier molecular flexibility index (Phi) is 10.7. The summed E-state index contributed by atoms with van der Waals surface area (Å²) >= 11 is 0. The van der Waals surface area contributed by atoms with Gasteiger partial charge >= 0.3 is 5.97 Å². The van der Waals surface area contributed by atoms with E-state index < -0.39 is 5.97 Å². The summed E-state index contributed by atoms with van der Waals surface area (Å²) in [6.07, 6.45) is 2.17. The van der Waals surface area contributed by atoms with Gasteiger partial charge in [0.1, 0.15) is 5.56 Å². The van der Waals surface area contributed by atoms with Gasteiger partial charge in [0, 0.05) is 6.07 Å². The van der Waals surface area contributed by atoms with Gasteiger partial charge in [-0.15, -0.1) is 0 Å². The first-order chi connectivity index (χ1) is 13.7. The number of unbranched alkanes of at least 4 members (excludes halogenated alkanes) is 1. The van der Waals surface area contributed by atoms with Gasteiger partial charge in [-0.1, -0.05) is 20.3 Å². The summed E-state index contributed by atoms with van der Waals surface area (Å²) in [7, 11) is 0. The Bertz CT molecular complexity index is 637. The number of hydrogen-bond acceptors (Lipinski definition) is 6. The molecule has 1 aromatic carbocycles. The lowest BCUT2D eigenvalue weighted by atomic mass is 10.1. The molecule has 0 N–H and O–H groups in total. The first kappa shape index (κ1) is 24.9. The zero-order valence-corrected chi connectivity index (χ0v) is 19.3. The Balaban J connectivity index is 3.62. The van der Waals surface area contributed by atoms with Crippen LogP contribution in [0.25, 0.3) is 0 Å². The number of carbonyl (C=O) groups is 1. The van der Waals surface area contributed by atoms with Crippen LogP contribution in [0.2, 0.25) is 0 Å². The van der Waals surface area contributed by atoms with Crippen molar-refractivity contribution in [1.82, 2.24) is 0 Å². The molecule has 0 unspecified atom stereocenters. The molecular formula is C23H38O6. The third-order valence-corrected chi connectivity index (χ3v) is 3.63. The zero-order valence-electron chi connectivity index (χ0n) is 19.3. The lowest BCUT2D eigenvalue weighted by molar-refractivity contribution is 0.0492. The van der Waals surface area contributed by atoms with Gasteiger partial charge in [0.15, 0.2) is 11.5 Å². The van der Waals surface area contributed by atoms with Crippen molar-refractivity contribution >= 4 is 5.97 Å². The van der Waals surface area contributed by atoms with Crippen LogP contribution in [0.4, 0.5) is 0 Å². The topological polar surface area (TPSA) is 63.2 Å². The highest BCUT2D eigenvalue weighted by Crippen LogP contribution is 2.48. The molecule has 0 aliphatic heterocycles. The molecule has 6 nitrogen and oxygen atoms in total. The summed E-state index contributed by atoms with van der Waals surface area (Å²) in [5.74, 6) is 1.15. The quantitative estimate of drug-likeness (QED) is 0.303. The normalized spacial score (nSPS) is 11.1. The van der Waals surface area contributed by atoms with Crippen molar-refractivity contribution in [2.75, 3.05) is 13.2 Å². The maximum atomic E-state index is 12.9. The highest BCUT2D eigenvalue weighted by molar-refractivity contribution is 5.95. The van der Waals surface area contributed by atoms with Gasteiger partial charge in [0.2, 0.25) is 11.5 Å². The molecule has 6 heteroatoms. The van der Waals surface area contributed by atoms with E-state index in [9.17, 15) is 4.79 Å². The Hall–Kier alpha value is -2.11. The lowest BCUT2D eigenvalue weighted by Gasteiger charge is -2.25. The van der Waals surface area contributed by atoms with Crippen LogP contribution in [-0.2, 0) is 4.74 Å². The third kappa shape index (κ3) is 8.03. The molecule has 0 saturated heterocycles. The first-order valence-corrected chi connectivity index (χ1v) is 10.7. The van der Waals surface area contributed by atoms with Crippen LogP contribution in [0.3, 0.4) is 0 Å². The van der Waals surface area contributed by atoms with Crippen molar-refractivity contribution in [1.29, 1.82) is 0 Å². The molecule has 0 aromatic heterocycles. The second-order valence-electron chi connectivity index (χ2n) is 7.75. The first-order valence-electron chi connectivity index (χ1n) is 10.7. The van der Waals surface area contributed by atoms with Crippen molar-refractivity contribution in [3.8, 4) is 23.0 Å². The molecule has 0 fully saturated rings. The van der Waals surface area contributed by atoms with Gasteiger partial charge in [0.25, 0.3) is 0 Å². The summed E-state index contributed by atoms with van der Waals surface area (Å²) in [6.45, 7) is 16.4. The van der Waals surface area contributed by atoms with Gasteiger partial charge in [-0.25, -0.2) is 4.79 Å². The highest BCUT2D eigenvalue weighted by atomic mass is 16.6. The van der Waals surface area contributed by atoms with E-state index in [2.05, 4.69) is 0 Å². The molecular weight excluding hydrogens is 372 g/mol. The largest absolute Gasteiger partial charge is 0.489 e. The average Bonchev–Trinajstić information content (AvgIpc) is 2.62. The molecule has 0 saturated carbocycles. The van der Waals surface area contributed by atoms with Crippen molar-refractivity contribution in [2.24, 2.45) is 0 Å². The van der Waals surface area contributed by atoms with Crippen molar-refractivity contribution < 1.29 is 28.5 Å². The molecule has 0 spiro atoms. The Morgan fingerprint density at radius 3 is 1.90 bits per heavy atom. The van der Waals surface area contributed by atoms with E-state index in [1.807, 2.05) is 55.4 Å². The second-order valence-corrected chi connectivity index (χ2v) is 7.75. The monoisotopic (exact) mass is 410 g/mol. The number of carbonyl (C=O) groups excluding carboxylic acids is 1. The number of hydrogen-bond donors (Lipinski definition) is 0. The number of ether oxygens (including phenoxy) is 5. The van der Waals surface area contributed by atoms with Gasteiger partial charge in [0.05, 0.1) is 31.5 Å². The maximum absolute atomic E-state index is 12.9. The van der Waals surface area contributed by atoms with Gasteiger partial charge in [-0.05, 0) is 54.4 Å². The van der Waals surface area contributed by atoms with Crippen LogP contribution in [0, 0.1) is 0 Å². The van der Waals surface area contributed by atoms with E-state index in [0.717, 1.165) is 19.3 Å². The number of esters is 1. The summed E-state index contributed by atoms with van der Waals surface area (Å²) in [6, 6.07) is 1.64. The van der Waals surface area contributed by atoms with Crippen LogP contribution in [0.15, 0.2) is 6.07 Å². The fourth-order valence-electron chi connectivity index (χ4n) is 2.52. The summed E-state index contributed by atoms with van der Waals surface area (Å²) < 4.78 is 29.5. The fraction of sp³-hybridized carbons (Fsp3) is 0.696. The predicted octanol–water partition coefficient (Wildman–Crippen LogP) is 5.79. The molecule has 0 aliphatic rings. The van der Waals surface area contributed by atoms with Crippen molar-refractivity contribution in [3.05, 3.63) is 11.6 Å². The van der Waals surface area contributed by atoms with E-state index in [4.69, 9.17) is 23.7 Å². The van der Waals surface area contributed by atoms with Crippen LogP contribution in [0.5, 0.6) is 23.0 Å². The molecule has 1 aromatic rings.